The summed E-state index contributed by atoms with van der Waals surface area (Å²) < 4.78 is 32.6. The molecule has 0 amide bonds. The lowest BCUT2D eigenvalue weighted by atomic mass is 10.00. The zero-order valence-corrected chi connectivity index (χ0v) is 12.5. The van der Waals surface area contributed by atoms with E-state index in [1.807, 2.05) is 6.07 Å². The standard InChI is InChI=1S/C16H12Cl2F2O/c17-11-6-10-4-5-21-16(10)12(8-11)13(18)7-9-2-1-3-14(19)15(9)20/h1-3,6,8,13H,4-5,7H2. The Kier molecular flexibility index (Phi) is 4.05. The van der Waals surface area contributed by atoms with E-state index in [9.17, 15) is 8.78 Å². The van der Waals surface area contributed by atoms with Gasteiger partial charge in [0.15, 0.2) is 11.6 Å². The van der Waals surface area contributed by atoms with Gasteiger partial charge in [-0.1, -0.05) is 23.7 Å². The molecule has 1 aliphatic rings. The molecule has 0 saturated heterocycles. The molecule has 3 rings (SSSR count). The average molecular weight is 329 g/mol. The van der Waals surface area contributed by atoms with Gasteiger partial charge in [0.25, 0.3) is 0 Å². The molecule has 0 N–H and O–H groups in total. The zero-order chi connectivity index (χ0) is 15.0. The molecule has 5 heteroatoms. The molecular formula is C16H12Cl2F2O. The van der Waals surface area contributed by atoms with Crippen LogP contribution in [0.1, 0.15) is 22.1 Å². The van der Waals surface area contributed by atoms with E-state index in [1.54, 1.807) is 6.07 Å². The van der Waals surface area contributed by atoms with Crippen LogP contribution in [0.4, 0.5) is 8.78 Å². The van der Waals surface area contributed by atoms with Gasteiger partial charge >= 0.3 is 0 Å². The summed E-state index contributed by atoms with van der Waals surface area (Å²) in [5.74, 6) is -1.01. The quantitative estimate of drug-likeness (QED) is 0.714. The van der Waals surface area contributed by atoms with Crippen LogP contribution in [0.5, 0.6) is 5.75 Å². The molecule has 1 heterocycles. The second-order valence-corrected chi connectivity index (χ2v) is 5.93. The Morgan fingerprint density at radius 3 is 2.86 bits per heavy atom. The van der Waals surface area contributed by atoms with Gasteiger partial charge in [-0.2, -0.15) is 0 Å². The Labute approximate surface area is 131 Å². The van der Waals surface area contributed by atoms with Crippen LogP contribution in [0.15, 0.2) is 30.3 Å². The molecule has 1 unspecified atom stereocenters. The summed E-state index contributed by atoms with van der Waals surface area (Å²) in [7, 11) is 0. The number of rotatable bonds is 3. The van der Waals surface area contributed by atoms with Gasteiger partial charge in [-0.3, -0.25) is 0 Å². The average Bonchev–Trinajstić information content (AvgIpc) is 2.90. The third-order valence-electron chi connectivity index (χ3n) is 3.55. The molecule has 1 nitrogen and oxygen atoms in total. The minimum Gasteiger partial charge on any atom is -0.493 e. The molecule has 2 aromatic rings. The van der Waals surface area contributed by atoms with Crippen LogP contribution in [0, 0.1) is 11.6 Å². The SMILES string of the molecule is Fc1cccc(CC(Cl)c2cc(Cl)cc3c2OCC3)c1F. The Balaban J connectivity index is 1.93. The van der Waals surface area contributed by atoms with E-state index in [2.05, 4.69) is 0 Å². The fourth-order valence-electron chi connectivity index (χ4n) is 2.54. The third-order valence-corrected chi connectivity index (χ3v) is 4.15. The monoisotopic (exact) mass is 328 g/mol. The third kappa shape index (κ3) is 2.85. The minimum atomic E-state index is -0.871. The number of alkyl halides is 1. The molecule has 0 aromatic heterocycles. The van der Waals surface area contributed by atoms with Crippen molar-refractivity contribution < 1.29 is 13.5 Å². The summed E-state index contributed by atoms with van der Waals surface area (Å²) in [6.45, 7) is 0.584. The molecule has 1 atom stereocenters. The van der Waals surface area contributed by atoms with Gasteiger partial charge in [0, 0.05) is 17.0 Å². The molecule has 0 saturated carbocycles. The highest BCUT2D eigenvalue weighted by molar-refractivity contribution is 6.31. The van der Waals surface area contributed by atoms with Crippen molar-refractivity contribution in [1.29, 1.82) is 0 Å². The summed E-state index contributed by atoms with van der Waals surface area (Å²) in [6, 6.07) is 7.65. The maximum Gasteiger partial charge on any atom is 0.162 e. The van der Waals surface area contributed by atoms with Crippen molar-refractivity contribution in [3.8, 4) is 5.75 Å². The van der Waals surface area contributed by atoms with E-state index in [-0.39, 0.29) is 12.0 Å². The fourth-order valence-corrected chi connectivity index (χ4v) is 3.12. The van der Waals surface area contributed by atoms with Crippen LogP contribution in [-0.4, -0.2) is 6.61 Å². The molecule has 0 spiro atoms. The van der Waals surface area contributed by atoms with Gasteiger partial charge in [-0.05, 0) is 35.7 Å². The summed E-state index contributed by atoms with van der Waals surface area (Å²) in [6.07, 6.45) is 0.947. The smallest absolute Gasteiger partial charge is 0.162 e. The molecule has 0 radical (unpaired) electrons. The van der Waals surface area contributed by atoms with Crippen molar-refractivity contribution in [3.63, 3.8) is 0 Å². The van der Waals surface area contributed by atoms with E-state index < -0.39 is 17.0 Å². The Morgan fingerprint density at radius 1 is 1.24 bits per heavy atom. The van der Waals surface area contributed by atoms with E-state index in [0.29, 0.717) is 11.6 Å². The molecule has 0 aliphatic carbocycles. The van der Waals surface area contributed by atoms with Crippen LogP contribution in [0.2, 0.25) is 5.02 Å². The van der Waals surface area contributed by atoms with Crippen molar-refractivity contribution in [2.24, 2.45) is 0 Å². The van der Waals surface area contributed by atoms with Crippen LogP contribution in [-0.2, 0) is 12.8 Å². The lowest BCUT2D eigenvalue weighted by Crippen LogP contribution is -2.02. The molecule has 0 fully saturated rings. The molecule has 21 heavy (non-hydrogen) atoms. The number of ether oxygens (including phenoxy) is 1. The van der Waals surface area contributed by atoms with Gasteiger partial charge in [-0.15, -0.1) is 11.6 Å². The van der Waals surface area contributed by atoms with Gasteiger partial charge < -0.3 is 4.74 Å². The predicted molar refractivity (Wildman–Crippen MR) is 79.3 cm³/mol. The first-order valence-electron chi connectivity index (χ1n) is 6.58. The number of fused-ring (bicyclic) bond motifs is 1. The first-order valence-corrected chi connectivity index (χ1v) is 7.40. The topological polar surface area (TPSA) is 9.23 Å². The van der Waals surface area contributed by atoms with Gasteiger partial charge in [0.05, 0.1) is 12.0 Å². The molecular weight excluding hydrogens is 317 g/mol. The highest BCUT2D eigenvalue weighted by Gasteiger charge is 2.23. The van der Waals surface area contributed by atoms with Crippen LogP contribution in [0.25, 0.3) is 0 Å². The number of benzene rings is 2. The van der Waals surface area contributed by atoms with E-state index in [0.717, 1.165) is 29.4 Å². The highest BCUT2D eigenvalue weighted by atomic mass is 35.5. The second-order valence-electron chi connectivity index (χ2n) is 4.97. The summed E-state index contributed by atoms with van der Waals surface area (Å²) >= 11 is 12.5. The lowest BCUT2D eigenvalue weighted by Gasteiger charge is -2.15. The number of hydrogen-bond acceptors (Lipinski definition) is 1. The summed E-state index contributed by atoms with van der Waals surface area (Å²) in [4.78, 5) is 0. The summed E-state index contributed by atoms with van der Waals surface area (Å²) in [5, 5.41) is 0.0338. The molecule has 110 valence electrons. The van der Waals surface area contributed by atoms with Gasteiger partial charge in [-0.25, -0.2) is 8.78 Å². The van der Waals surface area contributed by atoms with Crippen molar-refractivity contribution >= 4 is 23.2 Å². The normalized spacial score (nSPS) is 14.7. The highest BCUT2D eigenvalue weighted by Crippen LogP contribution is 2.40. The maximum absolute atomic E-state index is 13.7. The van der Waals surface area contributed by atoms with E-state index >= 15 is 0 Å². The van der Waals surface area contributed by atoms with Gasteiger partial charge in [0.2, 0.25) is 0 Å². The van der Waals surface area contributed by atoms with Crippen molar-refractivity contribution in [3.05, 3.63) is 63.7 Å². The molecule has 2 aromatic carbocycles. The largest absolute Gasteiger partial charge is 0.493 e. The Morgan fingerprint density at radius 2 is 2.05 bits per heavy atom. The number of hydrogen-bond donors (Lipinski definition) is 0. The first-order chi connectivity index (χ1) is 10.1. The van der Waals surface area contributed by atoms with Crippen LogP contribution >= 0.6 is 23.2 Å². The van der Waals surface area contributed by atoms with Crippen molar-refractivity contribution in [2.75, 3.05) is 6.61 Å². The minimum absolute atomic E-state index is 0.168. The number of halogens is 4. The fraction of sp³-hybridized carbons (Fsp3) is 0.250. The van der Waals surface area contributed by atoms with Crippen LogP contribution in [0.3, 0.4) is 0 Å². The van der Waals surface area contributed by atoms with E-state index in [1.165, 1.54) is 12.1 Å². The molecule has 0 bridgehead atoms. The van der Waals surface area contributed by atoms with Crippen molar-refractivity contribution in [1.82, 2.24) is 0 Å². The Bertz CT molecular complexity index is 688. The van der Waals surface area contributed by atoms with Crippen LogP contribution < -0.4 is 4.74 Å². The predicted octanol–water partition coefficient (Wildman–Crippen LogP) is 5.08. The van der Waals surface area contributed by atoms with Crippen molar-refractivity contribution in [2.45, 2.75) is 18.2 Å². The van der Waals surface area contributed by atoms with Gasteiger partial charge in [0.1, 0.15) is 5.75 Å². The maximum atomic E-state index is 13.7. The molecule has 1 aliphatic heterocycles. The second kappa shape index (κ2) is 5.82. The van der Waals surface area contributed by atoms with E-state index in [4.69, 9.17) is 27.9 Å². The Hall–Kier alpha value is -1.32. The lowest BCUT2D eigenvalue weighted by molar-refractivity contribution is 0.353. The first kappa shape index (κ1) is 14.6. The zero-order valence-electron chi connectivity index (χ0n) is 11.0. The summed E-state index contributed by atoms with van der Waals surface area (Å²) in [5.41, 5.74) is 1.96.